The Morgan fingerprint density at radius 1 is 1.25 bits per heavy atom. The van der Waals surface area contributed by atoms with Crippen LogP contribution in [0.3, 0.4) is 0 Å². The Kier molecular flexibility index (Phi) is 2.91. The van der Waals surface area contributed by atoms with E-state index in [1.165, 1.54) is 0 Å². The molecule has 0 aliphatic rings. The third kappa shape index (κ3) is 2.22. The fraction of sp³-hybridized carbons (Fsp3) is 0.200. The Morgan fingerprint density at radius 3 is 2.56 bits per heavy atom. The second-order valence-electron chi connectivity index (χ2n) is 3.20. The van der Waals surface area contributed by atoms with Gasteiger partial charge in [-0.1, -0.05) is 5.16 Å². The van der Waals surface area contributed by atoms with Crippen molar-refractivity contribution in [1.82, 2.24) is 15.5 Å². The molecule has 0 saturated heterocycles. The molecule has 0 aliphatic carbocycles. The van der Waals surface area contributed by atoms with Crippen LogP contribution in [0.1, 0.15) is 5.89 Å². The number of nitrogens with one attached hydrogen (secondary N) is 1. The molecule has 0 amide bonds. The lowest BCUT2D eigenvalue weighted by Gasteiger charge is -1.95. The standard InChI is InChI=1S/C10H9F2N3O/c1-13-5-9-14-10(15-16-9)6-2-7(11)4-8(12)3-6/h2-4,13H,5H2,1H3. The minimum Gasteiger partial charge on any atom is -0.338 e. The molecule has 1 heterocycles. The van der Waals surface area contributed by atoms with Crippen molar-refractivity contribution in [2.24, 2.45) is 0 Å². The molecule has 0 aliphatic heterocycles. The SMILES string of the molecule is CNCc1nc(-c2cc(F)cc(F)c2)no1. The highest BCUT2D eigenvalue weighted by molar-refractivity contribution is 5.54. The first-order valence-electron chi connectivity index (χ1n) is 4.62. The molecule has 84 valence electrons. The first-order chi connectivity index (χ1) is 7.69. The summed E-state index contributed by atoms with van der Waals surface area (Å²) in [6.07, 6.45) is 0. The smallest absolute Gasteiger partial charge is 0.240 e. The molecule has 0 spiro atoms. The highest BCUT2D eigenvalue weighted by Crippen LogP contribution is 2.18. The predicted octanol–water partition coefficient (Wildman–Crippen LogP) is 1.73. The van der Waals surface area contributed by atoms with Crippen LogP contribution in [-0.4, -0.2) is 17.2 Å². The minimum absolute atomic E-state index is 0.170. The highest BCUT2D eigenvalue weighted by atomic mass is 19.1. The second-order valence-corrected chi connectivity index (χ2v) is 3.20. The van der Waals surface area contributed by atoms with Crippen molar-refractivity contribution in [2.45, 2.75) is 6.54 Å². The van der Waals surface area contributed by atoms with Crippen LogP contribution in [0.15, 0.2) is 22.7 Å². The van der Waals surface area contributed by atoms with Crippen LogP contribution in [0.2, 0.25) is 0 Å². The lowest BCUT2D eigenvalue weighted by atomic mass is 10.2. The van der Waals surface area contributed by atoms with Crippen molar-refractivity contribution in [3.05, 3.63) is 35.7 Å². The summed E-state index contributed by atoms with van der Waals surface area (Å²) >= 11 is 0. The second kappa shape index (κ2) is 4.36. The zero-order valence-electron chi connectivity index (χ0n) is 8.50. The Hall–Kier alpha value is -1.82. The Labute approximate surface area is 90.3 Å². The molecule has 0 atom stereocenters. The summed E-state index contributed by atoms with van der Waals surface area (Å²) in [6, 6.07) is 3.09. The number of nitrogens with zero attached hydrogens (tertiary/aromatic N) is 2. The average Bonchev–Trinajstić information content (AvgIpc) is 2.65. The molecular formula is C10H9F2N3O. The van der Waals surface area contributed by atoms with E-state index in [1.54, 1.807) is 7.05 Å². The van der Waals surface area contributed by atoms with E-state index in [2.05, 4.69) is 15.5 Å². The van der Waals surface area contributed by atoms with E-state index in [0.717, 1.165) is 18.2 Å². The van der Waals surface area contributed by atoms with E-state index in [-0.39, 0.29) is 11.4 Å². The summed E-state index contributed by atoms with van der Waals surface area (Å²) in [6.45, 7) is 0.408. The quantitative estimate of drug-likeness (QED) is 0.864. The Morgan fingerprint density at radius 2 is 1.94 bits per heavy atom. The summed E-state index contributed by atoms with van der Waals surface area (Å²) < 4.78 is 30.7. The van der Waals surface area contributed by atoms with Crippen LogP contribution in [0, 0.1) is 11.6 Å². The third-order valence-corrected chi connectivity index (χ3v) is 1.92. The third-order valence-electron chi connectivity index (χ3n) is 1.92. The molecule has 0 radical (unpaired) electrons. The topological polar surface area (TPSA) is 51.0 Å². The highest BCUT2D eigenvalue weighted by Gasteiger charge is 2.10. The van der Waals surface area contributed by atoms with Gasteiger partial charge >= 0.3 is 0 Å². The summed E-state index contributed by atoms with van der Waals surface area (Å²) in [4.78, 5) is 3.98. The average molecular weight is 225 g/mol. The lowest BCUT2D eigenvalue weighted by Crippen LogP contribution is -2.04. The van der Waals surface area contributed by atoms with Crippen LogP contribution >= 0.6 is 0 Å². The fourth-order valence-electron chi connectivity index (χ4n) is 1.28. The monoisotopic (exact) mass is 225 g/mol. The van der Waals surface area contributed by atoms with E-state index in [1.807, 2.05) is 0 Å². The zero-order chi connectivity index (χ0) is 11.5. The molecule has 2 rings (SSSR count). The molecule has 1 aromatic carbocycles. The van der Waals surface area contributed by atoms with Crippen molar-refractivity contribution in [3.8, 4) is 11.4 Å². The van der Waals surface area contributed by atoms with Gasteiger partial charge in [-0.15, -0.1) is 0 Å². The summed E-state index contributed by atoms with van der Waals surface area (Å²) in [5.74, 6) is -0.809. The first-order valence-corrected chi connectivity index (χ1v) is 4.62. The summed E-state index contributed by atoms with van der Waals surface area (Å²) in [7, 11) is 1.73. The number of halogens is 2. The molecule has 0 saturated carbocycles. The van der Waals surface area contributed by atoms with Gasteiger partial charge in [0.25, 0.3) is 0 Å². The van der Waals surface area contributed by atoms with E-state index >= 15 is 0 Å². The van der Waals surface area contributed by atoms with Crippen molar-refractivity contribution in [1.29, 1.82) is 0 Å². The largest absolute Gasteiger partial charge is 0.338 e. The maximum atomic E-state index is 12.9. The van der Waals surface area contributed by atoms with E-state index < -0.39 is 11.6 Å². The van der Waals surface area contributed by atoms with Gasteiger partial charge in [0, 0.05) is 11.6 Å². The lowest BCUT2D eigenvalue weighted by molar-refractivity contribution is 0.372. The van der Waals surface area contributed by atoms with Gasteiger partial charge in [0.2, 0.25) is 11.7 Å². The molecule has 1 aromatic heterocycles. The number of benzene rings is 1. The maximum absolute atomic E-state index is 12.9. The molecular weight excluding hydrogens is 216 g/mol. The number of aromatic nitrogens is 2. The van der Waals surface area contributed by atoms with Crippen molar-refractivity contribution >= 4 is 0 Å². The van der Waals surface area contributed by atoms with Gasteiger partial charge in [0.05, 0.1) is 6.54 Å². The number of hydrogen-bond donors (Lipinski definition) is 1. The number of rotatable bonds is 3. The van der Waals surface area contributed by atoms with Crippen molar-refractivity contribution < 1.29 is 13.3 Å². The van der Waals surface area contributed by atoms with Gasteiger partial charge < -0.3 is 9.84 Å². The molecule has 0 fully saturated rings. The summed E-state index contributed by atoms with van der Waals surface area (Å²) in [5, 5.41) is 6.45. The first kappa shape index (κ1) is 10.7. The Bertz CT molecular complexity index is 478. The van der Waals surface area contributed by atoms with Crippen LogP contribution in [0.5, 0.6) is 0 Å². The van der Waals surface area contributed by atoms with Crippen LogP contribution in [0.4, 0.5) is 8.78 Å². The van der Waals surface area contributed by atoms with Gasteiger partial charge in [0.15, 0.2) is 0 Å². The van der Waals surface area contributed by atoms with Crippen LogP contribution < -0.4 is 5.32 Å². The molecule has 16 heavy (non-hydrogen) atoms. The fourth-order valence-corrected chi connectivity index (χ4v) is 1.28. The van der Waals surface area contributed by atoms with E-state index in [9.17, 15) is 8.78 Å². The van der Waals surface area contributed by atoms with Gasteiger partial charge in [0.1, 0.15) is 11.6 Å². The molecule has 2 aromatic rings. The zero-order valence-corrected chi connectivity index (χ0v) is 8.50. The van der Waals surface area contributed by atoms with Crippen molar-refractivity contribution in [2.75, 3.05) is 7.05 Å². The molecule has 6 heteroatoms. The maximum Gasteiger partial charge on any atom is 0.240 e. The van der Waals surface area contributed by atoms with Gasteiger partial charge in [-0.25, -0.2) is 8.78 Å². The van der Waals surface area contributed by atoms with E-state index in [4.69, 9.17) is 4.52 Å². The van der Waals surface area contributed by atoms with Gasteiger partial charge in [-0.2, -0.15) is 4.98 Å². The molecule has 1 N–H and O–H groups in total. The van der Waals surface area contributed by atoms with Gasteiger partial charge in [-0.05, 0) is 19.2 Å². The molecule has 0 bridgehead atoms. The molecule has 4 nitrogen and oxygen atoms in total. The predicted molar refractivity (Wildman–Crippen MR) is 52.4 cm³/mol. The van der Waals surface area contributed by atoms with E-state index in [0.29, 0.717) is 12.4 Å². The van der Waals surface area contributed by atoms with Crippen LogP contribution in [-0.2, 0) is 6.54 Å². The normalized spacial score (nSPS) is 10.7. The number of hydrogen-bond acceptors (Lipinski definition) is 4. The van der Waals surface area contributed by atoms with Crippen molar-refractivity contribution in [3.63, 3.8) is 0 Å². The Balaban J connectivity index is 2.34. The minimum atomic E-state index is -0.671. The summed E-state index contributed by atoms with van der Waals surface area (Å²) in [5.41, 5.74) is 0.253. The molecule has 0 unspecified atom stereocenters. The van der Waals surface area contributed by atoms with Gasteiger partial charge in [-0.3, -0.25) is 0 Å². The van der Waals surface area contributed by atoms with Crippen LogP contribution in [0.25, 0.3) is 11.4 Å².